The number of aliphatic hydroxyl groups is 3. The van der Waals surface area contributed by atoms with E-state index in [1.165, 1.54) is 17.2 Å². The van der Waals surface area contributed by atoms with Crippen molar-refractivity contribution in [3.8, 4) is 0 Å². The van der Waals surface area contributed by atoms with E-state index in [9.17, 15) is 15.3 Å². The minimum atomic E-state index is -1.22. The minimum Gasteiger partial charge on any atom is -0.394 e. The van der Waals surface area contributed by atoms with E-state index in [1.54, 1.807) is 0 Å². The van der Waals surface area contributed by atoms with Gasteiger partial charge >= 0.3 is 0 Å². The summed E-state index contributed by atoms with van der Waals surface area (Å²) in [7, 11) is 0. The van der Waals surface area contributed by atoms with E-state index in [-0.39, 0.29) is 6.04 Å². The lowest BCUT2D eigenvalue weighted by Crippen LogP contribution is -2.33. The van der Waals surface area contributed by atoms with Gasteiger partial charge in [0, 0.05) is 5.02 Å². The summed E-state index contributed by atoms with van der Waals surface area (Å²) < 4.78 is 7.09. The molecule has 3 aromatic rings. The van der Waals surface area contributed by atoms with Crippen molar-refractivity contribution in [1.82, 2.24) is 19.5 Å². The highest BCUT2D eigenvalue weighted by molar-refractivity contribution is 6.31. The smallest absolute Gasteiger partial charge is 0.167 e. The average Bonchev–Trinajstić information content (AvgIpc) is 3.24. The van der Waals surface area contributed by atoms with Gasteiger partial charge in [-0.15, -0.1) is 0 Å². The molecule has 0 aliphatic carbocycles. The molecule has 2 aromatic heterocycles. The zero-order valence-electron chi connectivity index (χ0n) is 15.0. The number of benzene rings is 1. The highest BCUT2D eigenvalue weighted by atomic mass is 35.5. The number of aliphatic hydroxyl groups excluding tert-OH is 3. The summed E-state index contributed by atoms with van der Waals surface area (Å²) in [6.07, 6.45) is -1.37. The second-order valence-corrected chi connectivity index (χ2v) is 7.07. The molecule has 10 heteroatoms. The molecular formula is C18H20ClN5O4. The summed E-state index contributed by atoms with van der Waals surface area (Å²) in [5.41, 5.74) is 1.83. The zero-order valence-corrected chi connectivity index (χ0v) is 15.7. The van der Waals surface area contributed by atoms with E-state index in [4.69, 9.17) is 16.3 Å². The fourth-order valence-electron chi connectivity index (χ4n) is 3.36. The number of nitrogens with one attached hydrogen (secondary N) is 1. The van der Waals surface area contributed by atoms with Crippen molar-refractivity contribution in [1.29, 1.82) is 0 Å². The number of anilines is 1. The van der Waals surface area contributed by atoms with Gasteiger partial charge in [-0.1, -0.05) is 29.8 Å². The second-order valence-electron chi connectivity index (χ2n) is 6.66. The molecule has 28 heavy (non-hydrogen) atoms. The predicted molar refractivity (Wildman–Crippen MR) is 102 cm³/mol. The number of halogens is 1. The first-order valence-electron chi connectivity index (χ1n) is 8.82. The molecular weight excluding hydrogens is 386 g/mol. The van der Waals surface area contributed by atoms with Crippen LogP contribution in [0.25, 0.3) is 11.2 Å². The maximum atomic E-state index is 10.3. The highest BCUT2D eigenvalue weighted by Gasteiger charge is 2.44. The molecule has 1 aliphatic rings. The van der Waals surface area contributed by atoms with Gasteiger partial charge in [-0.3, -0.25) is 4.57 Å². The van der Waals surface area contributed by atoms with Crippen molar-refractivity contribution in [3.63, 3.8) is 0 Å². The van der Waals surface area contributed by atoms with Crippen LogP contribution in [0.15, 0.2) is 36.9 Å². The lowest BCUT2D eigenvalue weighted by atomic mass is 10.1. The van der Waals surface area contributed by atoms with Gasteiger partial charge in [0.15, 0.2) is 23.2 Å². The molecule has 0 bridgehead atoms. The van der Waals surface area contributed by atoms with E-state index in [0.29, 0.717) is 22.0 Å². The Morgan fingerprint density at radius 2 is 2.00 bits per heavy atom. The van der Waals surface area contributed by atoms with Crippen molar-refractivity contribution in [2.24, 2.45) is 0 Å². The summed E-state index contributed by atoms with van der Waals surface area (Å²) in [4.78, 5) is 12.9. The Hall–Kier alpha value is -2.30. The summed E-state index contributed by atoms with van der Waals surface area (Å²) in [6.45, 7) is 1.55. The lowest BCUT2D eigenvalue weighted by molar-refractivity contribution is -0.0511. The first kappa shape index (κ1) is 19.0. The van der Waals surface area contributed by atoms with E-state index >= 15 is 0 Å². The molecule has 0 spiro atoms. The Morgan fingerprint density at radius 1 is 1.21 bits per heavy atom. The number of hydrogen-bond donors (Lipinski definition) is 4. The molecule has 0 radical (unpaired) electrons. The number of fused-ring (bicyclic) bond motifs is 1. The Morgan fingerprint density at radius 3 is 2.71 bits per heavy atom. The standard InChI is InChI=1S/C18H20ClN5O4/c1-9(10-4-2-3-5-11(10)19)23-16-13-17(21-7-20-16)24(8-22-13)18-15(27)14(26)12(6-25)28-18/h2-5,7-9,12,14-15,18,25-27H,6H2,1H3,(H,20,21,23)/t9-,12-,14-,15-,18-/m1/s1. The van der Waals surface area contributed by atoms with Crippen LogP contribution >= 0.6 is 11.6 Å². The van der Waals surface area contributed by atoms with E-state index < -0.39 is 31.1 Å². The van der Waals surface area contributed by atoms with Crippen molar-refractivity contribution in [3.05, 3.63) is 47.5 Å². The van der Waals surface area contributed by atoms with Gasteiger partial charge in [0.25, 0.3) is 0 Å². The summed E-state index contributed by atoms with van der Waals surface area (Å²) >= 11 is 6.27. The third-order valence-electron chi connectivity index (χ3n) is 4.88. The largest absolute Gasteiger partial charge is 0.394 e. The van der Waals surface area contributed by atoms with Crippen LogP contribution in [-0.2, 0) is 4.74 Å². The highest BCUT2D eigenvalue weighted by Crippen LogP contribution is 2.33. The fraction of sp³-hybridized carbons (Fsp3) is 0.389. The molecule has 1 aliphatic heterocycles. The molecule has 0 unspecified atom stereocenters. The quantitative estimate of drug-likeness (QED) is 0.500. The van der Waals surface area contributed by atoms with Crippen LogP contribution in [-0.4, -0.2) is 59.8 Å². The van der Waals surface area contributed by atoms with Gasteiger partial charge in [0.1, 0.15) is 24.6 Å². The predicted octanol–water partition coefficient (Wildman–Crippen LogP) is 1.26. The minimum absolute atomic E-state index is 0.133. The third-order valence-corrected chi connectivity index (χ3v) is 5.22. The van der Waals surface area contributed by atoms with Gasteiger partial charge < -0.3 is 25.4 Å². The Labute approximate surface area is 165 Å². The van der Waals surface area contributed by atoms with Crippen LogP contribution in [0.2, 0.25) is 5.02 Å². The summed E-state index contributed by atoms with van der Waals surface area (Å²) in [6, 6.07) is 7.39. The molecule has 0 amide bonds. The molecule has 9 nitrogen and oxygen atoms in total. The number of nitrogens with zero attached hydrogens (tertiary/aromatic N) is 4. The van der Waals surface area contributed by atoms with Gasteiger partial charge in [0.05, 0.1) is 19.0 Å². The second kappa shape index (κ2) is 7.61. The van der Waals surface area contributed by atoms with Crippen molar-refractivity contribution >= 4 is 28.6 Å². The molecule has 148 valence electrons. The maximum absolute atomic E-state index is 10.3. The molecule has 1 aromatic carbocycles. The third kappa shape index (κ3) is 3.21. The molecule has 1 saturated heterocycles. The van der Waals surface area contributed by atoms with E-state index in [2.05, 4.69) is 20.3 Å². The number of ether oxygens (including phenoxy) is 1. The van der Waals surface area contributed by atoms with Crippen LogP contribution in [0.3, 0.4) is 0 Å². The normalized spacial score (nSPS) is 25.9. The monoisotopic (exact) mass is 405 g/mol. The van der Waals surface area contributed by atoms with Gasteiger partial charge in [-0.05, 0) is 18.6 Å². The van der Waals surface area contributed by atoms with Gasteiger partial charge in [-0.2, -0.15) is 0 Å². The molecule has 0 saturated carbocycles. The Kier molecular flexibility index (Phi) is 5.17. The van der Waals surface area contributed by atoms with Crippen LogP contribution in [0.1, 0.15) is 24.8 Å². The number of imidazole rings is 1. The summed E-state index contributed by atoms with van der Waals surface area (Å²) in [5, 5.41) is 33.5. The van der Waals surface area contributed by atoms with Crippen LogP contribution < -0.4 is 5.32 Å². The van der Waals surface area contributed by atoms with Crippen molar-refractivity contribution < 1.29 is 20.1 Å². The van der Waals surface area contributed by atoms with Gasteiger partial charge in [0.2, 0.25) is 0 Å². The van der Waals surface area contributed by atoms with E-state index in [1.807, 2.05) is 31.2 Å². The van der Waals surface area contributed by atoms with Crippen LogP contribution in [0.4, 0.5) is 5.82 Å². The Balaban J connectivity index is 1.65. The maximum Gasteiger partial charge on any atom is 0.167 e. The van der Waals surface area contributed by atoms with Crippen molar-refractivity contribution in [2.45, 2.75) is 37.5 Å². The molecule has 5 atom stereocenters. The summed E-state index contributed by atoms with van der Waals surface area (Å²) in [5.74, 6) is 0.503. The lowest BCUT2D eigenvalue weighted by Gasteiger charge is -2.18. The average molecular weight is 406 g/mol. The Bertz CT molecular complexity index is 984. The number of hydrogen-bond acceptors (Lipinski definition) is 8. The molecule has 4 rings (SSSR count). The first-order valence-corrected chi connectivity index (χ1v) is 9.20. The van der Waals surface area contributed by atoms with Gasteiger partial charge in [-0.25, -0.2) is 15.0 Å². The molecule has 4 N–H and O–H groups in total. The van der Waals surface area contributed by atoms with E-state index in [0.717, 1.165) is 5.56 Å². The van der Waals surface area contributed by atoms with Crippen LogP contribution in [0, 0.1) is 0 Å². The number of rotatable bonds is 5. The SMILES string of the molecule is C[C@@H](Nc1ncnc2c1ncn2[C@@H]1O[C@H](CO)[C@@H](O)[C@H]1O)c1ccccc1Cl. The first-order chi connectivity index (χ1) is 13.5. The fourth-order valence-corrected chi connectivity index (χ4v) is 3.66. The number of aromatic nitrogens is 4. The molecule has 3 heterocycles. The zero-order chi connectivity index (χ0) is 19.8. The van der Waals surface area contributed by atoms with Crippen LogP contribution in [0.5, 0.6) is 0 Å². The molecule has 1 fully saturated rings. The topological polar surface area (TPSA) is 126 Å². The van der Waals surface area contributed by atoms with Crippen molar-refractivity contribution in [2.75, 3.05) is 11.9 Å².